The molecule has 5 heteroatoms. The number of hydrogen-bond donors (Lipinski definition) is 0. The van der Waals surface area contributed by atoms with Crippen molar-refractivity contribution in [2.24, 2.45) is 5.92 Å². The van der Waals surface area contributed by atoms with E-state index in [-0.39, 0.29) is 25.0 Å². The van der Waals surface area contributed by atoms with E-state index in [1.54, 1.807) is 27.7 Å². The lowest BCUT2D eigenvalue weighted by Gasteiger charge is -2.12. The zero-order valence-corrected chi connectivity index (χ0v) is 10.7. The van der Waals surface area contributed by atoms with Crippen LogP contribution < -0.4 is 0 Å². The fraction of sp³-hybridized carbons (Fsp3) is 0.750. The summed E-state index contributed by atoms with van der Waals surface area (Å²) < 4.78 is 9.81. The van der Waals surface area contributed by atoms with E-state index in [0.717, 1.165) is 0 Å². The summed E-state index contributed by atoms with van der Waals surface area (Å²) in [5, 5.41) is 8.83. The number of hydrogen-bond acceptors (Lipinski definition) is 5. The average molecular weight is 241 g/mol. The predicted molar refractivity (Wildman–Crippen MR) is 60.8 cm³/mol. The Kier molecular flexibility index (Phi) is 6.95. The van der Waals surface area contributed by atoms with Crippen LogP contribution in [0.3, 0.4) is 0 Å². The van der Waals surface area contributed by atoms with Crippen LogP contribution in [0.4, 0.5) is 0 Å². The molecule has 0 saturated heterocycles. The SMILES string of the molecule is CC(C)OC(=O)CC(C#N)CC(=O)OC(C)C. The smallest absolute Gasteiger partial charge is 0.307 e. The van der Waals surface area contributed by atoms with E-state index in [1.807, 2.05) is 6.07 Å². The Balaban J connectivity index is 4.13. The maximum Gasteiger partial charge on any atom is 0.307 e. The molecule has 0 rings (SSSR count). The second-order valence-corrected chi connectivity index (χ2v) is 4.31. The van der Waals surface area contributed by atoms with Crippen LogP contribution in [0.25, 0.3) is 0 Å². The number of rotatable bonds is 6. The Hall–Kier alpha value is -1.57. The van der Waals surface area contributed by atoms with E-state index in [2.05, 4.69) is 0 Å². The molecule has 0 aromatic rings. The van der Waals surface area contributed by atoms with Gasteiger partial charge >= 0.3 is 11.9 Å². The first-order valence-corrected chi connectivity index (χ1v) is 5.63. The molecule has 0 aromatic carbocycles. The molecule has 0 amide bonds. The van der Waals surface area contributed by atoms with E-state index in [4.69, 9.17) is 14.7 Å². The van der Waals surface area contributed by atoms with E-state index < -0.39 is 17.9 Å². The van der Waals surface area contributed by atoms with E-state index in [9.17, 15) is 9.59 Å². The van der Waals surface area contributed by atoms with Crippen molar-refractivity contribution in [3.8, 4) is 6.07 Å². The molecule has 0 fully saturated rings. The fourth-order valence-corrected chi connectivity index (χ4v) is 1.19. The quantitative estimate of drug-likeness (QED) is 0.663. The van der Waals surface area contributed by atoms with Crippen molar-refractivity contribution in [3.63, 3.8) is 0 Å². The van der Waals surface area contributed by atoms with Gasteiger partial charge in [0.15, 0.2) is 0 Å². The van der Waals surface area contributed by atoms with Crippen LogP contribution in [0.1, 0.15) is 40.5 Å². The summed E-state index contributed by atoms with van der Waals surface area (Å²) in [4.78, 5) is 22.6. The lowest BCUT2D eigenvalue weighted by atomic mass is 10.0. The number of esters is 2. The third-order valence-corrected chi connectivity index (χ3v) is 1.74. The summed E-state index contributed by atoms with van der Waals surface area (Å²) in [6.45, 7) is 6.91. The van der Waals surface area contributed by atoms with Crippen LogP contribution in [0.5, 0.6) is 0 Å². The predicted octanol–water partition coefficient (Wildman–Crippen LogP) is 1.81. The highest BCUT2D eigenvalue weighted by Gasteiger charge is 2.20. The first-order chi connectivity index (χ1) is 7.85. The summed E-state index contributed by atoms with van der Waals surface area (Å²) in [7, 11) is 0. The highest BCUT2D eigenvalue weighted by atomic mass is 16.5. The highest BCUT2D eigenvalue weighted by Crippen LogP contribution is 2.11. The van der Waals surface area contributed by atoms with Gasteiger partial charge in [-0.15, -0.1) is 0 Å². The lowest BCUT2D eigenvalue weighted by molar-refractivity contribution is -0.150. The third-order valence-electron chi connectivity index (χ3n) is 1.74. The summed E-state index contributed by atoms with van der Waals surface area (Å²) >= 11 is 0. The molecule has 0 aliphatic heterocycles. The molecule has 0 N–H and O–H groups in total. The Labute approximate surface area is 102 Å². The zero-order valence-electron chi connectivity index (χ0n) is 10.7. The van der Waals surface area contributed by atoms with Gasteiger partial charge in [0.25, 0.3) is 0 Å². The molecule has 0 radical (unpaired) electrons. The van der Waals surface area contributed by atoms with Gasteiger partial charge in [-0.2, -0.15) is 5.26 Å². The van der Waals surface area contributed by atoms with Crippen molar-refractivity contribution < 1.29 is 19.1 Å². The topological polar surface area (TPSA) is 76.4 Å². The van der Waals surface area contributed by atoms with Crippen molar-refractivity contribution in [3.05, 3.63) is 0 Å². The van der Waals surface area contributed by atoms with E-state index in [1.165, 1.54) is 0 Å². The molecule has 0 aliphatic carbocycles. The molecule has 5 nitrogen and oxygen atoms in total. The minimum absolute atomic E-state index is 0.0815. The summed E-state index contributed by atoms with van der Waals surface area (Å²) in [5.41, 5.74) is 0. The minimum atomic E-state index is -0.688. The molecule has 0 aliphatic rings. The monoisotopic (exact) mass is 241 g/mol. The number of nitrogens with zero attached hydrogens (tertiary/aromatic N) is 1. The van der Waals surface area contributed by atoms with Crippen LogP contribution in [-0.2, 0) is 19.1 Å². The molecule has 96 valence electrons. The first kappa shape index (κ1) is 15.4. The van der Waals surface area contributed by atoms with Gasteiger partial charge in [-0.05, 0) is 27.7 Å². The number of carbonyl (C=O) groups is 2. The van der Waals surface area contributed by atoms with E-state index >= 15 is 0 Å². The first-order valence-electron chi connectivity index (χ1n) is 5.63. The molecule has 0 bridgehead atoms. The van der Waals surface area contributed by atoms with Crippen LogP contribution >= 0.6 is 0 Å². The highest BCUT2D eigenvalue weighted by molar-refractivity contribution is 5.74. The molecule has 0 atom stereocenters. The van der Waals surface area contributed by atoms with Crippen LogP contribution in [0, 0.1) is 17.2 Å². The van der Waals surface area contributed by atoms with Crippen LogP contribution in [0.15, 0.2) is 0 Å². The lowest BCUT2D eigenvalue weighted by Crippen LogP contribution is -2.19. The third kappa shape index (κ3) is 8.26. The Bertz CT molecular complexity index is 280. The van der Waals surface area contributed by atoms with E-state index in [0.29, 0.717) is 0 Å². The maximum absolute atomic E-state index is 11.3. The maximum atomic E-state index is 11.3. The summed E-state index contributed by atoms with van der Waals surface area (Å²) in [6, 6.07) is 1.91. The molecule has 0 aromatic heterocycles. The van der Waals surface area contributed by atoms with Crippen LogP contribution in [0.2, 0.25) is 0 Å². The zero-order chi connectivity index (χ0) is 13.4. The molecule has 17 heavy (non-hydrogen) atoms. The van der Waals surface area contributed by atoms with Gasteiger partial charge in [0.05, 0.1) is 37.0 Å². The van der Waals surface area contributed by atoms with Crippen molar-refractivity contribution in [1.29, 1.82) is 5.26 Å². The van der Waals surface area contributed by atoms with Crippen molar-refractivity contribution in [1.82, 2.24) is 0 Å². The molecular weight excluding hydrogens is 222 g/mol. The summed E-state index contributed by atoms with van der Waals surface area (Å²) in [6.07, 6.45) is -0.599. The van der Waals surface area contributed by atoms with Gasteiger partial charge in [0.1, 0.15) is 0 Å². The Morgan fingerprint density at radius 2 is 1.35 bits per heavy atom. The Morgan fingerprint density at radius 3 is 1.59 bits per heavy atom. The molecule has 0 spiro atoms. The fourth-order valence-electron chi connectivity index (χ4n) is 1.19. The van der Waals surface area contributed by atoms with Crippen molar-refractivity contribution in [2.45, 2.75) is 52.7 Å². The second kappa shape index (κ2) is 7.66. The van der Waals surface area contributed by atoms with Gasteiger partial charge in [-0.1, -0.05) is 0 Å². The standard InChI is InChI=1S/C12H19NO4/c1-8(2)16-11(14)5-10(7-13)6-12(15)17-9(3)4/h8-10H,5-6H2,1-4H3. The van der Waals surface area contributed by atoms with Gasteiger partial charge in [-0.25, -0.2) is 0 Å². The normalized spacial score (nSPS) is 10.5. The Morgan fingerprint density at radius 1 is 1.00 bits per heavy atom. The number of nitriles is 1. The number of ether oxygens (including phenoxy) is 2. The van der Waals surface area contributed by atoms with Crippen molar-refractivity contribution >= 4 is 11.9 Å². The molecule has 0 unspecified atom stereocenters. The molecule has 0 saturated carbocycles. The van der Waals surface area contributed by atoms with Gasteiger partial charge in [0.2, 0.25) is 0 Å². The molecular formula is C12H19NO4. The number of carbonyl (C=O) groups excluding carboxylic acids is 2. The van der Waals surface area contributed by atoms with Gasteiger partial charge in [-0.3, -0.25) is 9.59 Å². The van der Waals surface area contributed by atoms with Gasteiger partial charge < -0.3 is 9.47 Å². The van der Waals surface area contributed by atoms with Crippen LogP contribution in [-0.4, -0.2) is 24.1 Å². The largest absolute Gasteiger partial charge is 0.463 e. The average Bonchev–Trinajstić information content (AvgIpc) is 2.13. The molecule has 0 heterocycles. The second-order valence-electron chi connectivity index (χ2n) is 4.31. The van der Waals surface area contributed by atoms with Gasteiger partial charge in [0, 0.05) is 0 Å². The minimum Gasteiger partial charge on any atom is -0.463 e. The summed E-state index contributed by atoms with van der Waals surface area (Å²) in [5.74, 6) is -1.62. The van der Waals surface area contributed by atoms with Crippen molar-refractivity contribution in [2.75, 3.05) is 0 Å².